The molecule has 30 heavy (non-hydrogen) atoms. The molecule has 1 amide bonds. The first-order valence-electron chi connectivity index (χ1n) is 9.92. The Bertz CT molecular complexity index is 964. The molecule has 1 aromatic carbocycles. The summed E-state index contributed by atoms with van der Waals surface area (Å²) in [5, 5.41) is 14.7. The Morgan fingerprint density at radius 3 is 2.97 bits per heavy atom. The van der Waals surface area contributed by atoms with Crippen LogP contribution in [0.2, 0.25) is 0 Å². The molecule has 0 spiro atoms. The predicted octanol–water partition coefficient (Wildman–Crippen LogP) is 4.23. The summed E-state index contributed by atoms with van der Waals surface area (Å²) in [5.74, 6) is 1.74. The molecule has 0 bridgehead atoms. The topological polar surface area (TPSA) is 67.3 Å². The summed E-state index contributed by atoms with van der Waals surface area (Å²) in [6.45, 7) is 2.17. The summed E-state index contributed by atoms with van der Waals surface area (Å²) < 4.78 is 5.27. The molecule has 8 heteroatoms. The molecule has 1 N–H and O–H groups in total. The minimum atomic E-state index is -0.0219. The zero-order chi connectivity index (χ0) is 20.8. The Morgan fingerprint density at radius 2 is 2.20 bits per heavy atom. The van der Waals surface area contributed by atoms with Crippen molar-refractivity contribution in [1.29, 1.82) is 0 Å². The second-order valence-corrected chi connectivity index (χ2v) is 9.22. The molecule has 1 aliphatic heterocycles. The highest BCUT2D eigenvalue weighted by Crippen LogP contribution is 2.29. The van der Waals surface area contributed by atoms with Gasteiger partial charge in [0.15, 0.2) is 5.82 Å². The molecule has 3 heterocycles. The third kappa shape index (κ3) is 5.31. The van der Waals surface area contributed by atoms with Gasteiger partial charge in [-0.25, -0.2) is 0 Å². The number of ether oxygens (including phenoxy) is 1. The van der Waals surface area contributed by atoms with Gasteiger partial charge < -0.3 is 15.0 Å². The Labute approximate surface area is 184 Å². The normalized spacial score (nSPS) is 16.3. The average Bonchev–Trinajstić information content (AvgIpc) is 3.32. The molecule has 0 aliphatic carbocycles. The number of anilines is 1. The minimum Gasteiger partial charge on any atom is -0.497 e. The van der Waals surface area contributed by atoms with Crippen LogP contribution >= 0.6 is 23.1 Å². The van der Waals surface area contributed by atoms with Crippen molar-refractivity contribution in [3.05, 3.63) is 58.8 Å². The first kappa shape index (κ1) is 20.7. The molecule has 1 fully saturated rings. The van der Waals surface area contributed by atoms with E-state index < -0.39 is 0 Å². The van der Waals surface area contributed by atoms with Crippen molar-refractivity contribution in [3.8, 4) is 5.75 Å². The molecule has 2 aromatic heterocycles. The van der Waals surface area contributed by atoms with Gasteiger partial charge in [-0.05, 0) is 54.6 Å². The smallest absolute Gasteiger partial charge is 0.225 e. The van der Waals surface area contributed by atoms with Crippen LogP contribution in [0.15, 0.2) is 63.8 Å². The average molecular weight is 441 g/mol. The molecule has 4 rings (SSSR count). The van der Waals surface area contributed by atoms with Crippen LogP contribution < -0.4 is 15.0 Å². The number of benzene rings is 1. The van der Waals surface area contributed by atoms with E-state index in [9.17, 15) is 4.79 Å². The maximum absolute atomic E-state index is 12.6. The van der Waals surface area contributed by atoms with Crippen molar-refractivity contribution >= 4 is 34.8 Å². The predicted molar refractivity (Wildman–Crippen MR) is 120 cm³/mol. The number of methoxy groups -OCH3 is 1. The van der Waals surface area contributed by atoms with Gasteiger partial charge in [0.1, 0.15) is 10.8 Å². The van der Waals surface area contributed by atoms with Crippen molar-refractivity contribution in [2.75, 3.05) is 25.1 Å². The zero-order valence-corrected chi connectivity index (χ0v) is 18.4. The SMILES string of the molecule is COc1cccc(Sc2ccc(N3CCCC(C(=O)NCc4cccs4)C3)nn2)c1. The number of thiophene rings is 1. The van der Waals surface area contributed by atoms with Crippen LogP contribution in [0.1, 0.15) is 17.7 Å². The Balaban J connectivity index is 1.34. The van der Waals surface area contributed by atoms with Gasteiger partial charge in [-0.1, -0.05) is 23.9 Å². The number of hydrogen-bond donors (Lipinski definition) is 1. The van der Waals surface area contributed by atoms with Gasteiger partial charge in [0.2, 0.25) is 5.91 Å². The van der Waals surface area contributed by atoms with E-state index in [1.807, 2.05) is 53.9 Å². The largest absolute Gasteiger partial charge is 0.497 e. The third-order valence-electron chi connectivity index (χ3n) is 5.02. The molecular formula is C22H24N4O2S2. The van der Waals surface area contributed by atoms with E-state index in [2.05, 4.69) is 20.4 Å². The minimum absolute atomic E-state index is 0.0219. The number of aromatic nitrogens is 2. The number of nitrogens with zero attached hydrogens (tertiary/aromatic N) is 3. The van der Waals surface area contributed by atoms with E-state index in [0.717, 1.165) is 40.9 Å². The maximum Gasteiger partial charge on any atom is 0.225 e. The van der Waals surface area contributed by atoms with E-state index in [1.165, 1.54) is 4.88 Å². The second kappa shape index (κ2) is 9.95. The van der Waals surface area contributed by atoms with Gasteiger partial charge in [0.25, 0.3) is 0 Å². The first-order valence-corrected chi connectivity index (χ1v) is 11.6. The van der Waals surface area contributed by atoms with Crippen LogP contribution in [0.25, 0.3) is 0 Å². The fourth-order valence-corrected chi connectivity index (χ4v) is 4.88. The molecule has 6 nitrogen and oxygen atoms in total. The summed E-state index contributed by atoms with van der Waals surface area (Å²) in [6, 6.07) is 15.9. The number of amides is 1. The Kier molecular flexibility index (Phi) is 6.86. The lowest BCUT2D eigenvalue weighted by molar-refractivity contribution is -0.125. The van der Waals surface area contributed by atoms with Crippen molar-refractivity contribution in [2.45, 2.75) is 29.3 Å². The van der Waals surface area contributed by atoms with Gasteiger partial charge in [0, 0.05) is 22.9 Å². The van der Waals surface area contributed by atoms with Crippen molar-refractivity contribution in [2.24, 2.45) is 5.92 Å². The van der Waals surface area contributed by atoms with E-state index in [1.54, 1.807) is 30.2 Å². The lowest BCUT2D eigenvalue weighted by Crippen LogP contribution is -2.43. The number of rotatable bonds is 7. The first-order chi connectivity index (χ1) is 14.7. The fourth-order valence-electron chi connectivity index (χ4n) is 3.45. The van der Waals surface area contributed by atoms with Crippen LogP contribution in [0.3, 0.4) is 0 Å². The van der Waals surface area contributed by atoms with Crippen LogP contribution in [0, 0.1) is 5.92 Å². The summed E-state index contributed by atoms with van der Waals surface area (Å²) in [5.41, 5.74) is 0. The molecular weight excluding hydrogens is 416 g/mol. The van der Waals surface area contributed by atoms with Crippen molar-refractivity contribution < 1.29 is 9.53 Å². The van der Waals surface area contributed by atoms with Crippen LogP contribution in [0.5, 0.6) is 5.75 Å². The molecule has 156 valence electrons. The highest BCUT2D eigenvalue weighted by molar-refractivity contribution is 7.99. The van der Waals surface area contributed by atoms with E-state index in [4.69, 9.17) is 4.74 Å². The van der Waals surface area contributed by atoms with Gasteiger partial charge >= 0.3 is 0 Å². The Morgan fingerprint density at radius 1 is 1.27 bits per heavy atom. The second-order valence-electron chi connectivity index (χ2n) is 7.09. The molecule has 1 atom stereocenters. The lowest BCUT2D eigenvalue weighted by atomic mass is 9.97. The fraction of sp³-hybridized carbons (Fsp3) is 0.318. The van der Waals surface area contributed by atoms with Crippen molar-refractivity contribution in [3.63, 3.8) is 0 Å². The summed E-state index contributed by atoms with van der Waals surface area (Å²) >= 11 is 3.21. The van der Waals surface area contributed by atoms with Gasteiger partial charge in [-0.15, -0.1) is 21.5 Å². The maximum atomic E-state index is 12.6. The molecule has 0 radical (unpaired) electrons. The monoisotopic (exact) mass is 440 g/mol. The number of nitrogens with one attached hydrogen (secondary N) is 1. The van der Waals surface area contributed by atoms with Gasteiger partial charge in [-0.2, -0.15) is 0 Å². The highest BCUT2D eigenvalue weighted by atomic mass is 32.2. The summed E-state index contributed by atoms with van der Waals surface area (Å²) in [7, 11) is 1.66. The lowest BCUT2D eigenvalue weighted by Gasteiger charge is -2.32. The standard InChI is InChI=1S/C22H24N4O2S2/c1-28-17-6-2-7-18(13-17)30-21-10-9-20(24-25-21)26-11-3-5-16(15-26)22(27)23-14-19-8-4-12-29-19/h2,4,6-10,12-13,16H,3,5,11,14-15H2,1H3,(H,23,27). The van der Waals surface area contributed by atoms with Crippen molar-refractivity contribution in [1.82, 2.24) is 15.5 Å². The number of carbonyl (C=O) groups is 1. The van der Waals surface area contributed by atoms with Crippen LogP contribution in [-0.2, 0) is 11.3 Å². The molecule has 1 unspecified atom stereocenters. The quantitative estimate of drug-likeness (QED) is 0.593. The van der Waals surface area contributed by atoms with E-state index >= 15 is 0 Å². The van der Waals surface area contributed by atoms with Gasteiger partial charge in [0.05, 0.1) is 19.6 Å². The number of hydrogen-bond acceptors (Lipinski definition) is 7. The molecule has 3 aromatic rings. The summed E-state index contributed by atoms with van der Waals surface area (Å²) in [6.07, 6.45) is 1.88. The number of carbonyl (C=O) groups excluding carboxylic acids is 1. The van der Waals surface area contributed by atoms with Gasteiger partial charge in [-0.3, -0.25) is 4.79 Å². The highest BCUT2D eigenvalue weighted by Gasteiger charge is 2.26. The molecule has 0 saturated carbocycles. The number of piperidine rings is 1. The van der Waals surface area contributed by atoms with Crippen LogP contribution in [0.4, 0.5) is 5.82 Å². The third-order valence-corrected chi connectivity index (χ3v) is 6.82. The molecule has 1 aliphatic rings. The zero-order valence-electron chi connectivity index (χ0n) is 16.8. The van der Waals surface area contributed by atoms with E-state index in [-0.39, 0.29) is 11.8 Å². The molecule has 1 saturated heterocycles. The Hall–Kier alpha value is -2.58. The summed E-state index contributed by atoms with van der Waals surface area (Å²) in [4.78, 5) is 17.0. The van der Waals surface area contributed by atoms with E-state index in [0.29, 0.717) is 13.1 Å². The van der Waals surface area contributed by atoms with Crippen LogP contribution in [-0.4, -0.2) is 36.3 Å².